The van der Waals surface area contributed by atoms with Gasteiger partial charge in [-0.1, -0.05) is 30.3 Å². The number of halogens is 1. The molecule has 2 N–H and O–H groups in total. The summed E-state index contributed by atoms with van der Waals surface area (Å²) in [5.74, 6) is 0.0565. The molecule has 0 bridgehead atoms. The first-order valence-corrected chi connectivity index (χ1v) is 10.8. The lowest BCUT2D eigenvalue weighted by atomic mass is 10.0. The maximum atomic E-state index is 14.8. The van der Waals surface area contributed by atoms with Crippen LogP contribution in [0.5, 0.6) is 0 Å². The Morgan fingerprint density at radius 2 is 1.91 bits per heavy atom. The first-order valence-electron chi connectivity index (χ1n) is 10.8. The molecular formula is C26H23FN4O2. The van der Waals surface area contributed by atoms with E-state index in [2.05, 4.69) is 15.4 Å². The number of carboxylic acid groups (broad SMARTS) is 1. The molecule has 4 aromatic rings. The van der Waals surface area contributed by atoms with Gasteiger partial charge in [-0.3, -0.25) is 0 Å². The van der Waals surface area contributed by atoms with E-state index in [0.717, 1.165) is 24.0 Å². The number of aromatic nitrogens is 3. The Labute approximate surface area is 190 Å². The Hall–Kier alpha value is -4.00. The fourth-order valence-electron chi connectivity index (χ4n) is 4.13. The topological polar surface area (TPSA) is 80.0 Å². The summed E-state index contributed by atoms with van der Waals surface area (Å²) >= 11 is 0. The number of aryl methyl sites for hydroxylation is 2. The molecule has 0 saturated heterocycles. The zero-order valence-electron chi connectivity index (χ0n) is 18.3. The number of pyridine rings is 1. The molecule has 2 heterocycles. The molecule has 0 aliphatic heterocycles. The first-order chi connectivity index (χ1) is 15.9. The smallest absolute Gasteiger partial charge is 0.337 e. The van der Waals surface area contributed by atoms with Crippen LogP contribution < -0.4 is 5.32 Å². The molecule has 166 valence electrons. The van der Waals surface area contributed by atoms with Gasteiger partial charge < -0.3 is 10.4 Å². The van der Waals surface area contributed by atoms with Crippen LogP contribution in [0.25, 0.3) is 16.9 Å². The number of nitrogens with one attached hydrogen (secondary N) is 1. The quantitative estimate of drug-likeness (QED) is 0.382. The van der Waals surface area contributed by atoms with Crippen molar-refractivity contribution in [3.8, 4) is 16.9 Å². The minimum absolute atomic E-state index is 0.169. The fourth-order valence-corrected chi connectivity index (χ4v) is 4.13. The Balaban J connectivity index is 1.71. The number of hydrogen-bond acceptors (Lipinski definition) is 4. The highest BCUT2D eigenvalue weighted by Gasteiger charge is 2.27. The molecule has 0 amide bonds. The third kappa shape index (κ3) is 3.86. The molecule has 0 atom stereocenters. The monoisotopic (exact) mass is 442 g/mol. The lowest BCUT2D eigenvalue weighted by Crippen LogP contribution is -2.09. The molecular weight excluding hydrogens is 419 g/mol. The second-order valence-corrected chi connectivity index (χ2v) is 8.35. The van der Waals surface area contributed by atoms with Crippen LogP contribution in [0.3, 0.4) is 0 Å². The molecule has 1 fully saturated rings. The minimum Gasteiger partial charge on any atom is -0.478 e. The number of anilines is 2. The maximum Gasteiger partial charge on any atom is 0.337 e. The molecule has 5 rings (SSSR count). The molecule has 1 aliphatic carbocycles. The van der Waals surface area contributed by atoms with Gasteiger partial charge in [0.05, 0.1) is 22.5 Å². The molecule has 6 nitrogen and oxygen atoms in total. The summed E-state index contributed by atoms with van der Waals surface area (Å²) in [5, 5.41) is 17.8. The predicted molar refractivity (Wildman–Crippen MR) is 125 cm³/mol. The summed E-state index contributed by atoms with van der Waals surface area (Å²) < 4.78 is 16.5. The van der Waals surface area contributed by atoms with Gasteiger partial charge in [0.25, 0.3) is 0 Å². The van der Waals surface area contributed by atoms with Crippen LogP contribution in [-0.2, 0) is 0 Å². The van der Waals surface area contributed by atoms with Gasteiger partial charge in [-0.05, 0) is 68.0 Å². The molecule has 1 saturated carbocycles. The van der Waals surface area contributed by atoms with Gasteiger partial charge in [0.15, 0.2) is 5.82 Å². The van der Waals surface area contributed by atoms with Crippen molar-refractivity contribution in [3.63, 3.8) is 0 Å². The number of nitrogens with zero attached hydrogens (tertiary/aromatic N) is 3. The number of benzene rings is 2. The van der Waals surface area contributed by atoms with E-state index >= 15 is 0 Å². The fraction of sp³-hybridized carbons (Fsp3) is 0.192. The van der Waals surface area contributed by atoms with Crippen molar-refractivity contribution < 1.29 is 14.3 Å². The third-order valence-electron chi connectivity index (χ3n) is 5.96. The molecule has 33 heavy (non-hydrogen) atoms. The van der Waals surface area contributed by atoms with Gasteiger partial charge in [0.1, 0.15) is 11.6 Å². The Morgan fingerprint density at radius 3 is 2.61 bits per heavy atom. The summed E-state index contributed by atoms with van der Waals surface area (Å²) in [5.41, 5.74) is 4.02. The number of hydrogen-bond donors (Lipinski definition) is 2. The lowest BCUT2D eigenvalue weighted by Gasteiger charge is -2.16. The van der Waals surface area contributed by atoms with Crippen molar-refractivity contribution in [1.29, 1.82) is 0 Å². The average Bonchev–Trinajstić information content (AvgIpc) is 3.60. The summed E-state index contributed by atoms with van der Waals surface area (Å²) in [7, 11) is 0. The van der Waals surface area contributed by atoms with Crippen LogP contribution >= 0.6 is 0 Å². The first kappa shape index (κ1) is 20.9. The molecule has 0 spiro atoms. The highest BCUT2D eigenvalue weighted by Crippen LogP contribution is 2.42. The molecule has 7 heteroatoms. The Bertz CT molecular complexity index is 1370. The van der Waals surface area contributed by atoms with E-state index in [1.165, 1.54) is 6.07 Å². The van der Waals surface area contributed by atoms with Crippen molar-refractivity contribution in [3.05, 3.63) is 89.0 Å². The van der Waals surface area contributed by atoms with Crippen molar-refractivity contribution in [1.82, 2.24) is 14.8 Å². The van der Waals surface area contributed by atoms with Crippen LogP contribution in [0, 0.1) is 19.7 Å². The van der Waals surface area contributed by atoms with Crippen LogP contribution in [-0.4, -0.2) is 25.8 Å². The number of rotatable bonds is 6. The van der Waals surface area contributed by atoms with Crippen molar-refractivity contribution in [2.24, 2.45) is 0 Å². The van der Waals surface area contributed by atoms with Crippen LogP contribution in [0.4, 0.5) is 15.9 Å². The summed E-state index contributed by atoms with van der Waals surface area (Å²) in [6.07, 6.45) is 3.82. The highest BCUT2D eigenvalue weighted by molar-refractivity contribution is 5.96. The van der Waals surface area contributed by atoms with Crippen molar-refractivity contribution in [2.45, 2.75) is 32.6 Å². The second kappa shape index (κ2) is 8.16. The predicted octanol–water partition coefficient (Wildman–Crippen LogP) is 6.01. The van der Waals surface area contributed by atoms with Crippen molar-refractivity contribution in [2.75, 3.05) is 5.32 Å². The molecule has 2 aromatic heterocycles. The second-order valence-electron chi connectivity index (χ2n) is 8.35. The number of carbonyl (C=O) groups is 1. The minimum atomic E-state index is -1.02. The molecule has 0 radical (unpaired) electrons. The summed E-state index contributed by atoms with van der Waals surface area (Å²) in [6, 6.07) is 15.7. The molecule has 0 unspecified atom stereocenters. The van der Waals surface area contributed by atoms with Gasteiger partial charge in [-0.2, -0.15) is 9.78 Å². The Morgan fingerprint density at radius 1 is 1.12 bits per heavy atom. The number of carboxylic acids is 1. The van der Waals surface area contributed by atoms with Gasteiger partial charge in [-0.25, -0.2) is 14.2 Å². The van der Waals surface area contributed by atoms with Gasteiger partial charge >= 0.3 is 5.97 Å². The van der Waals surface area contributed by atoms with E-state index in [0.29, 0.717) is 40.1 Å². The molecule has 2 aromatic carbocycles. The lowest BCUT2D eigenvalue weighted by molar-refractivity contribution is 0.0698. The zero-order valence-corrected chi connectivity index (χ0v) is 18.3. The van der Waals surface area contributed by atoms with E-state index in [1.807, 2.05) is 25.1 Å². The van der Waals surface area contributed by atoms with Gasteiger partial charge in [0, 0.05) is 11.8 Å². The van der Waals surface area contributed by atoms with E-state index < -0.39 is 5.97 Å². The standard InChI is InChI=1S/C26H23FN4O2/c1-15-6-5-13-28-24(15)31-25(23(16(2)30-31)19-7-3-4-8-21(19)27)29-22-12-11-18(17-9-10-17)14-20(22)26(32)33/h3-8,11-14,17,29H,9-10H2,1-2H3,(H,32,33). The van der Waals surface area contributed by atoms with E-state index in [-0.39, 0.29) is 11.4 Å². The SMILES string of the molecule is Cc1cccnc1-n1nc(C)c(-c2ccccc2F)c1Nc1ccc(C2CC2)cc1C(=O)O. The van der Waals surface area contributed by atoms with Crippen LogP contribution in [0.1, 0.15) is 45.9 Å². The van der Waals surface area contributed by atoms with Gasteiger partial charge in [-0.15, -0.1) is 0 Å². The summed E-state index contributed by atoms with van der Waals surface area (Å²) in [6.45, 7) is 3.72. The van der Waals surface area contributed by atoms with E-state index in [9.17, 15) is 14.3 Å². The number of aromatic carboxylic acids is 1. The van der Waals surface area contributed by atoms with Gasteiger partial charge in [0.2, 0.25) is 0 Å². The summed E-state index contributed by atoms with van der Waals surface area (Å²) in [4.78, 5) is 16.6. The van der Waals surface area contributed by atoms with Crippen molar-refractivity contribution >= 4 is 17.5 Å². The van der Waals surface area contributed by atoms with E-state index in [4.69, 9.17) is 0 Å². The van der Waals surface area contributed by atoms with E-state index in [1.54, 1.807) is 48.1 Å². The normalized spacial score (nSPS) is 13.2. The zero-order chi connectivity index (χ0) is 23.1. The third-order valence-corrected chi connectivity index (χ3v) is 5.96. The van der Waals surface area contributed by atoms with Crippen LogP contribution in [0.2, 0.25) is 0 Å². The van der Waals surface area contributed by atoms with Crippen LogP contribution in [0.15, 0.2) is 60.8 Å². The largest absolute Gasteiger partial charge is 0.478 e. The average molecular weight is 442 g/mol. The molecule has 1 aliphatic rings. The Kier molecular flexibility index (Phi) is 5.17. The maximum absolute atomic E-state index is 14.8. The highest BCUT2D eigenvalue weighted by atomic mass is 19.1.